The Hall–Kier alpha value is -4.17. The summed E-state index contributed by atoms with van der Waals surface area (Å²) in [5.74, 6) is 0.580. The molecule has 0 aromatic heterocycles. The molecule has 3 aromatic carbocycles. The maximum atomic E-state index is 13.2. The van der Waals surface area contributed by atoms with Crippen molar-refractivity contribution in [2.45, 2.75) is 6.61 Å². The number of amides is 2. The number of rotatable bonds is 7. The molecule has 1 N–H and O–H groups in total. The Balaban J connectivity index is 1.59. The first kappa shape index (κ1) is 23.0. The first-order valence-corrected chi connectivity index (χ1v) is 10.8. The van der Waals surface area contributed by atoms with Gasteiger partial charge in [0, 0.05) is 0 Å². The van der Waals surface area contributed by atoms with Gasteiger partial charge in [-0.1, -0.05) is 36.4 Å². The molecule has 2 amide bonds. The van der Waals surface area contributed by atoms with E-state index in [1.807, 2.05) is 30.3 Å². The van der Waals surface area contributed by atoms with E-state index < -0.39 is 11.8 Å². The maximum absolute atomic E-state index is 13.2. The third kappa shape index (κ3) is 4.92. The summed E-state index contributed by atoms with van der Waals surface area (Å²) in [5.41, 5.74) is 2.09. The van der Waals surface area contributed by atoms with Crippen LogP contribution in [0.1, 0.15) is 11.1 Å². The van der Waals surface area contributed by atoms with Crippen LogP contribution >= 0.6 is 12.2 Å². The van der Waals surface area contributed by atoms with Gasteiger partial charge in [-0.3, -0.25) is 19.8 Å². The van der Waals surface area contributed by atoms with E-state index >= 15 is 0 Å². The third-order valence-corrected chi connectivity index (χ3v) is 5.45. The van der Waals surface area contributed by atoms with E-state index in [1.54, 1.807) is 49.6 Å². The van der Waals surface area contributed by atoms with Crippen LogP contribution in [-0.4, -0.2) is 31.1 Å². The van der Waals surface area contributed by atoms with Crippen LogP contribution in [-0.2, 0) is 16.2 Å². The van der Waals surface area contributed by atoms with Crippen molar-refractivity contribution in [1.29, 1.82) is 0 Å². The first-order chi connectivity index (χ1) is 16.5. The van der Waals surface area contributed by atoms with Gasteiger partial charge in [0.05, 0.1) is 19.9 Å². The molecule has 7 nitrogen and oxygen atoms in total. The maximum Gasteiger partial charge on any atom is 0.270 e. The largest absolute Gasteiger partial charge is 0.497 e. The summed E-state index contributed by atoms with van der Waals surface area (Å²) in [6.45, 7) is 0.382. The van der Waals surface area contributed by atoms with Gasteiger partial charge >= 0.3 is 0 Å². The molecule has 0 atom stereocenters. The number of anilines is 1. The zero-order valence-corrected chi connectivity index (χ0v) is 19.4. The number of nitrogens with zero attached hydrogens (tertiary/aromatic N) is 1. The molecule has 1 aliphatic heterocycles. The molecule has 1 heterocycles. The van der Waals surface area contributed by atoms with Crippen molar-refractivity contribution in [3.05, 3.63) is 89.5 Å². The van der Waals surface area contributed by atoms with E-state index in [2.05, 4.69) is 5.32 Å². The Kier molecular flexibility index (Phi) is 6.89. The highest BCUT2D eigenvalue weighted by Crippen LogP contribution is 2.31. The number of hydrogen-bond acceptors (Lipinski definition) is 6. The lowest BCUT2D eigenvalue weighted by molar-refractivity contribution is -0.122. The molecule has 0 unspecified atom stereocenters. The summed E-state index contributed by atoms with van der Waals surface area (Å²) in [5, 5.41) is 2.59. The molecule has 0 aliphatic carbocycles. The van der Waals surface area contributed by atoms with E-state index in [4.69, 9.17) is 26.4 Å². The number of hydrogen-bond donors (Lipinski definition) is 1. The highest BCUT2D eigenvalue weighted by atomic mass is 32.1. The topological polar surface area (TPSA) is 77.1 Å². The van der Waals surface area contributed by atoms with E-state index in [9.17, 15) is 9.59 Å². The van der Waals surface area contributed by atoms with Gasteiger partial charge in [-0.05, 0) is 65.8 Å². The number of carbonyl (C=O) groups excluding carboxylic acids is 2. The van der Waals surface area contributed by atoms with E-state index in [0.29, 0.717) is 35.1 Å². The molecule has 0 radical (unpaired) electrons. The molecule has 1 saturated heterocycles. The number of ether oxygens (including phenoxy) is 3. The minimum Gasteiger partial charge on any atom is -0.497 e. The quantitative estimate of drug-likeness (QED) is 0.316. The molecular weight excluding hydrogens is 452 g/mol. The molecule has 172 valence electrons. The predicted octanol–water partition coefficient (Wildman–Crippen LogP) is 4.11. The first-order valence-electron chi connectivity index (χ1n) is 10.4. The van der Waals surface area contributed by atoms with Crippen molar-refractivity contribution in [3.63, 3.8) is 0 Å². The second-order valence-electron chi connectivity index (χ2n) is 7.34. The fraction of sp³-hybridized carbons (Fsp3) is 0.115. The Morgan fingerprint density at radius 1 is 0.912 bits per heavy atom. The highest BCUT2D eigenvalue weighted by Gasteiger charge is 2.34. The predicted molar refractivity (Wildman–Crippen MR) is 133 cm³/mol. The minimum atomic E-state index is -0.567. The van der Waals surface area contributed by atoms with Crippen molar-refractivity contribution < 1.29 is 23.8 Å². The van der Waals surface area contributed by atoms with Crippen LogP contribution < -0.4 is 24.4 Å². The molecular formula is C26H22N2O5S. The normalized spacial score (nSPS) is 14.7. The van der Waals surface area contributed by atoms with E-state index in [0.717, 1.165) is 5.56 Å². The molecule has 0 bridgehead atoms. The van der Waals surface area contributed by atoms with Crippen molar-refractivity contribution in [3.8, 4) is 17.2 Å². The second kappa shape index (κ2) is 10.2. The summed E-state index contributed by atoms with van der Waals surface area (Å²) in [7, 11) is 3.09. The molecule has 0 saturated carbocycles. The Morgan fingerprint density at radius 2 is 1.65 bits per heavy atom. The zero-order valence-electron chi connectivity index (χ0n) is 18.6. The number of carbonyl (C=O) groups is 2. The number of nitrogens with one attached hydrogen (secondary N) is 1. The fourth-order valence-corrected chi connectivity index (χ4v) is 3.70. The molecule has 34 heavy (non-hydrogen) atoms. The zero-order chi connectivity index (χ0) is 24.1. The standard InChI is InChI=1S/C26H22N2O5S/c1-31-20-11-9-19(10-12-20)28-25(30)21(24(29)27-26(28)34)14-18-8-13-22(23(15-18)32-2)33-16-17-6-4-3-5-7-17/h3-15H,16H2,1-2H3,(H,27,29,34)/b21-14-. The van der Waals surface area contributed by atoms with Crippen LogP contribution in [0.4, 0.5) is 5.69 Å². The molecule has 1 aliphatic rings. The third-order valence-electron chi connectivity index (χ3n) is 5.17. The van der Waals surface area contributed by atoms with Crippen LogP contribution in [0.2, 0.25) is 0 Å². The average Bonchev–Trinajstić information content (AvgIpc) is 2.86. The van der Waals surface area contributed by atoms with Crippen LogP contribution in [0.3, 0.4) is 0 Å². The number of methoxy groups -OCH3 is 2. The smallest absolute Gasteiger partial charge is 0.270 e. The Labute approximate surface area is 202 Å². The van der Waals surface area contributed by atoms with Gasteiger partial charge in [-0.2, -0.15) is 0 Å². The Bertz CT molecular complexity index is 1260. The van der Waals surface area contributed by atoms with Gasteiger partial charge < -0.3 is 14.2 Å². The number of thiocarbonyl (C=S) groups is 1. The van der Waals surface area contributed by atoms with Gasteiger partial charge in [-0.25, -0.2) is 0 Å². The van der Waals surface area contributed by atoms with E-state index in [1.165, 1.54) is 18.1 Å². The lowest BCUT2D eigenvalue weighted by Gasteiger charge is -2.29. The van der Waals surface area contributed by atoms with Gasteiger partial charge in [0.2, 0.25) is 0 Å². The summed E-state index contributed by atoms with van der Waals surface area (Å²) < 4.78 is 16.5. The van der Waals surface area contributed by atoms with Crippen LogP contribution in [0.5, 0.6) is 17.2 Å². The van der Waals surface area contributed by atoms with E-state index in [-0.39, 0.29) is 10.7 Å². The summed E-state index contributed by atoms with van der Waals surface area (Å²) in [6.07, 6.45) is 1.50. The molecule has 8 heteroatoms. The highest BCUT2D eigenvalue weighted by molar-refractivity contribution is 7.80. The average molecular weight is 475 g/mol. The summed E-state index contributed by atoms with van der Waals surface area (Å²) in [4.78, 5) is 27.1. The van der Waals surface area contributed by atoms with Gasteiger partial charge in [-0.15, -0.1) is 0 Å². The SMILES string of the molecule is COc1ccc(N2C(=O)/C(=C\c3ccc(OCc4ccccc4)c(OC)c3)C(=O)NC2=S)cc1. The number of benzene rings is 3. The lowest BCUT2D eigenvalue weighted by atomic mass is 10.1. The van der Waals surface area contributed by atoms with Crippen molar-refractivity contribution >= 4 is 40.9 Å². The van der Waals surface area contributed by atoms with Gasteiger partial charge in [0.25, 0.3) is 11.8 Å². The fourth-order valence-electron chi connectivity index (χ4n) is 3.42. The summed E-state index contributed by atoms with van der Waals surface area (Å²) in [6, 6.07) is 21.8. The van der Waals surface area contributed by atoms with Crippen LogP contribution in [0, 0.1) is 0 Å². The molecule has 3 aromatic rings. The minimum absolute atomic E-state index is 0.0135. The van der Waals surface area contributed by atoms with Crippen molar-refractivity contribution in [1.82, 2.24) is 5.32 Å². The monoisotopic (exact) mass is 474 g/mol. The van der Waals surface area contributed by atoms with Crippen LogP contribution in [0.15, 0.2) is 78.4 Å². The lowest BCUT2D eigenvalue weighted by Crippen LogP contribution is -2.54. The summed E-state index contributed by atoms with van der Waals surface area (Å²) >= 11 is 5.25. The second-order valence-corrected chi connectivity index (χ2v) is 7.73. The van der Waals surface area contributed by atoms with Crippen molar-refractivity contribution in [2.75, 3.05) is 19.1 Å². The molecule has 4 rings (SSSR count). The Morgan fingerprint density at radius 3 is 2.32 bits per heavy atom. The van der Waals surface area contributed by atoms with Crippen LogP contribution in [0.25, 0.3) is 6.08 Å². The van der Waals surface area contributed by atoms with Gasteiger partial charge in [0.15, 0.2) is 16.6 Å². The molecule has 0 spiro atoms. The van der Waals surface area contributed by atoms with Gasteiger partial charge in [0.1, 0.15) is 17.9 Å². The van der Waals surface area contributed by atoms with Crippen molar-refractivity contribution in [2.24, 2.45) is 0 Å². The molecule has 1 fully saturated rings.